The number of carbonyl (C=O) groups is 2. The van der Waals surface area contributed by atoms with Crippen LogP contribution < -0.4 is 5.32 Å². The van der Waals surface area contributed by atoms with Gasteiger partial charge in [0.15, 0.2) is 0 Å². The molecule has 5 heteroatoms. The third-order valence-electron chi connectivity index (χ3n) is 2.54. The van der Waals surface area contributed by atoms with Crippen molar-refractivity contribution in [3.05, 3.63) is 55.1 Å². The van der Waals surface area contributed by atoms with E-state index in [1.54, 1.807) is 37.3 Å². The Bertz CT molecular complexity index is 508. The molecule has 1 N–H and O–H groups in total. The minimum absolute atomic E-state index is 0.213. The molecular weight excluding hydrogens is 270 g/mol. The van der Waals surface area contributed by atoms with Crippen LogP contribution >= 0.6 is 0 Å². The van der Waals surface area contributed by atoms with Crippen LogP contribution in [-0.4, -0.2) is 31.2 Å². The highest BCUT2D eigenvalue weighted by atomic mass is 16.6. The molecule has 1 aromatic carbocycles. The fraction of sp³-hybridized carbons (Fsp3) is 0.250. The van der Waals surface area contributed by atoms with Crippen molar-refractivity contribution >= 4 is 17.6 Å². The molecule has 0 fully saturated rings. The number of rotatable bonds is 8. The quantitative estimate of drug-likeness (QED) is 0.588. The van der Waals surface area contributed by atoms with Gasteiger partial charge >= 0.3 is 11.9 Å². The predicted molar refractivity (Wildman–Crippen MR) is 81.2 cm³/mol. The number of nitrogens with one attached hydrogen (secondary N) is 1. The molecule has 0 aliphatic carbocycles. The summed E-state index contributed by atoms with van der Waals surface area (Å²) in [4.78, 5) is 23.5. The van der Waals surface area contributed by atoms with Crippen LogP contribution in [0.15, 0.2) is 49.6 Å². The van der Waals surface area contributed by atoms with Crippen molar-refractivity contribution in [3.8, 4) is 0 Å². The minimum atomic E-state index is -1.10. The van der Waals surface area contributed by atoms with Crippen LogP contribution in [0.2, 0.25) is 0 Å². The molecule has 0 heterocycles. The van der Waals surface area contributed by atoms with Gasteiger partial charge in [-0.15, -0.1) is 6.58 Å². The van der Waals surface area contributed by atoms with Crippen molar-refractivity contribution in [1.82, 2.24) is 0 Å². The highest BCUT2D eigenvalue weighted by Crippen LogP contribution is 2.12. The second-order valence-electron chi connectivity index (χ2n) is 4.06. The van der Waals surface area contributed by atoms with Crippen molar-refractivity contribution < 1.29 is 19.1 Å². The summed E-state index contributed by atoms with van der Waals surface area (Å²) in [7, 11) is 0. The molecule has 0 aromatic heterocycles. The third-order valence-corrected chi connectivity index (χ3v) is 2.54. The lowest BCUT2D eigenvalue weighted by molar-refractivity contribution is -0.150. The first-order valence-electron chi connectivity index (χ1n) is 6.57. The molecule has 0 amide bonds. The average molecular weight is 289 g/mol. The zero-order chi connectivity index (χ0) is 15.7. The van der Waals surface area contributed by atoms with E-state index < -0.39 is 18.0 Å². The molecule has 1 unspecified atom stereocenters. The highest BCUT2D eigenvalue weighted by Gasteiger charge is 2.21. The molecule has 0 aliphatic heterocycles. The Morgan fingerprint density at radius 1 is 1.29 bits per heavy atom. The van der Waals surface area contributed by atoms with Crippen LogP contribution in [0.4, 0.5) is 5.69 Å². The molecule has 1 aromatic rings. The number of anilines is 1. The van der Waals surface area contributed by atoms with Crippen LogP contribution in [0.3, 0.4) is 0 Å². The molecule has 0 aliphatic rings. The lowest BCUT2D eigenvalue weighted by atomic mass is 10.2. The molecule has 0 spiro atoms. The van der Waals surface area contributed by atoms with Crippen molar-refractivity contribution in [2.75, 3.05) is 18.5 Å². The molecular formula is C16H19NO4. The maximum atomic E-state index is 11.9. The van der Waals surface area contributed by atoms with Gasteiger partial charge in [-0.05, 0) is 37.3 Å². The number of hydrogen-bond donors (Lipinski definition) is 1. The van der Waals surface area contributed by atoms with Gasteiger partial charge in [0, 0.05) is 12.2 Å². The van der Waals surface area contributed by atoms with Gasteiger partial charge in [0.05, 0.1) is 12.2 Å². The fourth-order valence-corrected chi connectivity index (χ4v) is 1.51. The Hall–Kier alpha value is -2.56. The Balaban J connectivity index is 2.67. The van der Waals surface area contributed by atoms with E-state index in [0.717, 1.165) is 5.69 Å². The van der Waals surface area contributed by atoms with Crippen molar-refractivity contribution in [2.24, 2.45) is 0 Å². The molecule has 5 nitrogen and oxygen atoms in total. The summed E-state index contributed by atoms with van der Waals surface area (Å²) in [5.74, 6) is -1.24. The summed E-state index contributed by atoms with van der Waals surface area (Å²) in [5.41, 5.74) is 1.20. The maximum Gasteiger partial charge on any atom is 0.351 e. The van der Waals surface area contributed by atoms with Crippen LogP contribution in [0.1, 0.15) is 17.3 Å². The van der Waals surface area contributed by atoms with Gasteiger partial charge in [-0.3, -0.25) is 0 Å². The number of esters is 2. The molecule has 1 atom stereocenters. The summed E-state index contributed by atoms with van der Waals surface area (Å²) in [6.07, 6.45) is 1.86. The second kappa shape index (κ2) is 8.58. The number of ether oxygens (including phenoxy) is 2. The smallest absolute Gasteiger partial charge is 0.351 e. The molecule has 21 heavy (non-hydrogen) atoms. The SMILES string of the molecule is C=CCNc1ccc(C(=O)OC(C=C)C(=O)OCC)cc1. The standard InChI is InChI=1S/C16H19NO4/c1-4-11-17-13-9-7-12(8-10-13)15(18)21-14(5-2)16(19)20-6-3/h4-5,7-10,14,17H,1-2,6,11H2,3H3. The maximum absolute atomic E-state index is 11.9. The van der Waals surface area contributed by atoms with E-state index in [2.05, 4.69) is 18.5 Å². The van der Waals surface area contributed by atoms with Gasteiger partial charge < -0.3 is 14.8 Å². The predicted octanol–water partition coefficient (Wildman–Crippen LogP) is 2.56. The molecule has 1 rings (SSSR count). The topological polar surface area (TPSA) is 64.6 Å². The second-order valence-corrected chi connectivity index (χ2v) is 4.06. The zero-order valence-electron chi connectivity index (χ0n) is 12.0. The first-order chi connectivity index (χ1) is 10.1. The van der Waals surface area contributed by atoms with Gasteiger partial charge in [0.25, 0.3) is 0 Å². The van der Waals surface area contributed by atoms with Gasteiger partial charge in [-0.1, -0.05) is 12.7 Å². The van der Waals surface area contributed by atoms with E-state index in [9.17, 15) is 9.59 Å². The third kappa shape index (κ3) is 5.14. The lowest BCUT2D eigenvalue weighted by Gasteiger charge is -2.13. The van der Waals surface area contributed by atoms with Crippen LogP contribution in [0.25, 0.3) is 0 Å². The van der Waals surface area contributed by atoms with Crippen molar-refractivity contribution in [3.63, 3.8) is 0 Å². The first-order valence-corrected chi connectivity index (χ1v) is 6.57. The Kier molecular flexibility index (Phi) is 6.74. The van der Waals surface area contributed by atoms with E-state index >= 15 is 0 Å². The first kappa shape index (κ1) is 16.5. The number of carbonyl (C=O) groups excluding carboxylic acids is 2. The number of hydrogen-bond acceptors (Lipinski definition) is 5. The molecule has 0 radical (unpaired) electrons. The number of benzene rings is 1. The summed E-state index contributed by atoms with van der Waals surface area (Å²) >= 11 is 0. The molecule has 0 bridgehead atoms. The largest absolute Gasteiger partial charge is 0.463 e. The van der Waals surface area contributed by atoms with E-state index in [0.29, 0.717) is 12.1 Å². The normalized spacial score (nSPS) is 11.1. The van der Waals surface area contributed by atoms with Crippen molar-refractivity contribution in [2.45, 2.75) is 13.0 Å². The Morgan fingerprint density at radius 3 is 2.48 bits per heavy atom. The van der Waals surface area contributed by atoms with Crippen LogP contribution in [0.5, 0.6) is 0 Å². The Labute approximate surface area is 124 Å². The monoisotopic (exact) mass is 289 g/mol. The summed E-state index contributed by atoms with van der Waals surface area (Å²) in [5, 5.41) is 3.09. The molecule has 0 saturated carbocycles. The van der Waals surface area contributed by atoms with Crippen LogP contribution in [0, 0.1) is 0 Å². The highest BCUT2D eigenvalue weighted by molar-refractivity contribution is 5.92. The molecule has 112 valence electrons. The van der Waals surface area contributed by atoms with Gasteiger partial charge in [0.2, 0.25) is 6.10 Å². The summed E-state index contributed by atoms with van der Waals surface area (Å²) < 4.78 is 9.84. The lowest BCUT2D eigenvalue weighted by Crippen LogP contribution is -2.27. The van der Waals surface area contributed by atoms with E-state index in [-0.39, 0.29) is 6.61 Å². The van der Waals surface area contributed by atoms with Gasteiger partial charge in [-0.25, -0.2) is 9.59 Å². The summed E-state index contributed by atoms with van der Waals surface area (Å²) in [6.45, 7) is 9.59. The van der Waals surface area contributed by atoms with E-state index in [1.807, 2.05) is 0 Å². The zero-order valence-corrected chi connectivity index (χ0v) is 12.0. The van der Waals surface area contributed by atoms with Crippen molar-refractivity contribution in [1.29, 1.82) is 0 Å². The molecule has 0 saturated heterocycles. The minimum Gasteiger partial charge on any atom is -0.463 e. The van der Waals surface area contributed by atoms with Crippen LogP contribution in [-0.2, 0) is 14.3 Å². The Morgan fingerprint density at radius 2 is 1.95 bits per heavy atom. The average Bonchev–Trinajstić information content (AvgIpc) is 2.51. The van der Waals surface area contributed by atoms with Gasteiger partial charge in [-0.2, -0.15) is 0 Å². The van der Waals surface area contributed by atoms with E-state index in [1.165, 1.54) is 6.08 Å². The van der Waals surface area contributed by atoms with E-state index in [4.69, 9.17) is 9.47 Å². The van der Waals surface area contributed by atoms with Gasteiger partial charge in [0.1, 0.15) is 0 Å². The fourth-order valence-electron chi connectivity index (χ4n) is 1.51. The summed E-state index contributed by atoms with van der Waals surface area (Å²) in [6, 6.07) is 6.71.